The van der Waals surface area contributed by atoms with E-state index in [2.05, 4.69) is 32.9 Å². The zero-order chi connectivity index (χ0) is 21.0. The molecule has 0 spiro atoms. The maximum atomic E-state index is 12.3. The number of hydrogen-bond donors (Lipinski definition) is 3. The second kappa shape index (κ2) is 8.99. The third-order valence-corrected chi connectivity index (χ3v) is 7.04. The summed E-state index contributed by atoms with van der Waals surface area (Å²) in [7, 11) is -3.51. The lowest BCUT2D eigenvalue weighted by Crippen LogP contribution is -2.28. The smallest absolute Gasteiger partial charge is 0.319 e. The number of nitrogens with one attached hydrogen (secondary N) is 3. The van der Waals surface area contributed by atoms with Crippen molar-refractivity contribution in [2.24, 2.45) is 5.92 Å². The normalized spacial score (nSPS) is 13.7. The SMILES string of the molecule is O=C(NCc1cccc(-c2ccsc2)c1)Nc1ccc(S(=O)(=O)NCC2CC2)cc1. The molecule has 1 saturated carbocycles. The van der Waals surface area contributed by atoms with Crippen molar-refractivity contribution in [3.63, 3.8) is 0 Å². The number of carbonyl (C=O) groups is 1. The topological polar surface area (TPSA) is 87.3 Å². The Bertz CT molecular complexity index is 1110. The Morgan fingerprint density at radius 1 is 1.03 bits per heavy atom. The van der Waals surface area contributed by atoms with Crippen molar-refractivity contribution in [1.82, 2.24) is 10.0 Å². The molecule has 0 radical (unpaired) electrons. The van der Waals surface area contributed by atoms with Crippen LogP contribution < -0.4 is 15.4 Å². The van der Waals surface area contributed by atoms with E-state index in [9.17, 15) is 13.2 Å². The number of amides is 2. The van der Waals surface area contributed by atoms with Crippen molar-refractivity contribution < 1.29 is 13.2 Å². The van der Waals surface area contributed by atoms with Crippen molar-refractivity contribution in [1.29, 1.82) is 0 Å². The van der Waals surface area contributed by atoms with Crippen LogP contribution in [0.1, 0.15) is 18.4 Å². The third kappa shape index (κ3) is 5.47. The fraction of sp³-hybridized carbons (Fsp3) is 0.227. The average molecular weight is 442 g/mol. The van der Waals surface area contributed by atoms with Crippen molar-refractivity contribution in [3.05, 3.63) is 70.9 Å². The van der Waals surface area contributed by atoms with Gasteiger partial charge in [-0.2, -0.15) is 11.3 Å². The van der Waals surface area contributed by atoms with Crippen LogP contribution in [0.25, 0.3) is 11.1 Å². The molecule has 2 aromatic carbocycles. The van der Waals surface area contributed by atoms with E-state index < -0.39 is 10.0 Å². The summed E-state index contributed by atoms with van der Waals surface area (Å²) in [6.07, 6.45) is 2.16. The van der Waals surface area contributed by atoms with Gasteiger partial charge in [0.2, 0.25) is 10.0 Å². The van der Waals surface area contributed by atoms with Gasteiger partial charge in [0.05, 0.1) is 4.90 Å². The largest absolute Gasteiger partial charge is 0.334 e. The highest BCUT2D eigenvalue weighted by molar-refractivity contribution is 7.89. The summed E-state index contributed by atoms with van der Waals surface area (Å²) >= 11 is 1.65. The van der Waals surface area contributed by atoms with E-state index >= 15 is 0 Å². The summed E-state index contributed by atoms with van der Waals surface area (Å²) in [5, 5.41) is 9.68. The van der Waals surface area contributed by atoms with E-state index in [1.165, 1.54) is 12.1 Å². The summed E-state index contributed by atoms with van der Waals surface area (Å²) < 4.78 is 27.1. The molecule has 1 aliphatic carbocycles. The zero-order valence-electron chi connectivity index (χ0n) is 16.3. The number of sulfonamides is 1. The first kappa shape index (κ1) is 20.6. The van der Waals surface area contributed by atoms with E-state index in [4.69, 9.17) is 0 Å². The van der Waals surface area contributed by atoms with Gasteiger partial charge in [0, 0.05) is 18.8 Å². The van der Waals surface area contributed by atoms with E-state index in [-0.39, 0.29) is 10.9 Å². The Morgan fingerprint density at radius 2 is 1.83 bits per heavy atom. The molecule has 30 heavy (non-hydrogen) atoms. The highest BCUT2D eigenvalue weighted by atomic mass is 32.2. The van der Waals surface area contributed by atoms with Crippen LogP contribution >= 0.6 is 11.3 Å². The monoisotopic (exact) mass is 441 g/mol. The molecule has 0 saturated heterocycles. The Balaban J connectivity index is 1.30. The predicted molar refractivity (Wildman–Crippen MR) is 120 cm³/mol. The van der Waals surface area contributed by atoms with Crippen LogP contribution in [0.3, 0.4) is 0 Å². The van der Waals surface area contributed by atoms with Crippen molar-refractivity contribution >= 4 is 33.1 Å². The van der Waals surface area contributed by atoms with Crippen LogP contribution in [0, 0.1) is 5.92 Å². The maximum absolute atomic E-state index is 12.3. The Morgan fingerprint density at radius 3 is 2.53 bits per heavy atom. The van der Waals surface area contributed by atoms with Gasteiger partial charge < -0.3 is 10.6 Å². The number of benzene rings is 2. The second-order valence-electron chi connectivity index (χ2n) is 7.34. The van der Waals surface area contributed by atoms with E-state index in [0.29, 0.717) is 24.7 Å². The summed E-state index contributed by atoms with van der Waals surface area (Å²) in [4.78, 5) is 12.4. The van der Waals surface area contributed by atoms with Gasteiger partial charge in [0.1, 0.15) is 0 Å². The van der Waals surface area contributed by atoms with Gasteiger partial charge >= 0.3 is 6.03 Å². The molecule has 3 N–H and O–H groups in total. The van der Waals surface area contributed by atoms with Gasteiger partial charge in [-0.25, -0.2) is 17.9 Å². The fourth-order valence-electron chi connectivity index (χ4n) is 3.00. The van der Waals surface area contributed by atoms with Gasteiger partial charge in [-0.15, -0.1) is 0 Å². The quantitative estimate of drug-likeness (QED) is 0.483. The number of hydrogen-bond acceptors (Lipinski definition) is 4. The number of thiophene rings is 1. The highest BCUT2D eigenvalue weighted by Crippen LogP contribution is 2.28. The minimum atomic E-state index is -3.51. The van der Waals surface area contributed by atoms with Crippen LogP contribution in [-0.4, -0.2) is 21.0 Å². The highest BCUT2D eigenvalue weighted by Gasteiger charge is 2.24. The molecule has 1 fully saturated rings. The lowest BCUT2D eigenvalue weighted by atomic mass is 10.1. The number of urea groups is 1. The standard InChI is InChI=1S/C22H23N3O3S2/c26-22(23-13-17-2-1-3-18(12-17)19-10-11-29-15-19)25-20-6-8-21(9-7-20)30(27,28)24-14-16-4-5-16/h1-3,6-12,15-16,24H,4-5,13-14H2,(H2,23,25,26). The Kier molecular flexibility index (Phi) is 6.17. The molecule has 6 nitrogen and oxygen atoms in total. The van der Waals surface area contributed by atoms with Crippen LogP contribution in [0.4, 0.5) is 10.5 Å². The predicted octanol–water partition coefficient (Wildman–Crippen LogP) is 4.43. The van der Waals surface area contributed by atoms with Crippen molar-refractivity contribution in [2.45, 2.75) is 24.3 Å². The van der Waals surface area contributed by atoms with Gasteiger partial charge in [-0.1, -0.05) is 18.2 Å². The molecular weight excluding hydrogens is 418 g/mol. The number of carbonyl (C=O) groups excluding carboxylic acids is 1. The summed E-state index contributed by atoms with van der Waals surface area (Å²) in [6.45, 7) is 0.875. The van der Waals surface area contributed by atoms with Gasteiger partial charge in [0.15, 0.2) is 0 Å². The Labute approximate surface area is 180 Å². The van der Waals surface area contributed by atoms with Gasteiger partial charge in [-0.05, 0) is 82.6 Å². The summed E-state index contributed by atoms with van der Waals surface area (Å²) in [5.41, 5.74) is 3.80. The molecule has 0 atom stereocenters. The van der Waals surface area contributed by atoms with E-state index in [1.807, 2.05) is 23.6 Å². The molecular formula is C22H23N3O3S2. The maximum Gasteiger partial charge on any atom is 0.319 e. The van der Waals surface area contributed by atoms with Crippen LogP contribution in [0.2, 0.25) is 0 Å². The van der Waals surface area contributed by atoms with Gasteiger partial charge in [0.25, 0.3) is 0 Å². The van der Waals surface area contributed by atoms with Crippen molar-refractivity contribution in [3.8, 4) is 11.1 Å². The first-order valence-electron chi connectivity index (χ1n) is 9.76. The van der Waals surface area contributed by atoms with E-state index in [0.717, 1.165) is 29.5 Å². The summed E-state index contributed by atoms with van der Waals surface area (Å²) in [6, 6.07) is 15.9. The molecule has 4 rings (SSSR count). The van der Waals surface area contributed by atoms with Crippen LogP contribution in [0.15, 0.2) is 70.3 Å². The van der Waals surface area contributed by atoms with Crippen LogP contribution in [0.5, 0.6) is 0 Å². The average Bonchev–Trinajstić information content (AvgIpc) is 3.42. The minimum absolute atomic E-state index is 0.194. The third-order valence-electron chi connectivity index (χ3n) is 4.92. The molecule has 0 aliphatic heterocycles. The molecule has 156 valence electrons. The molecule has 2 amide bonds. The molecule has 8 heteroatoms. The lowest BCUT2D eigenvalue weighted by molar-refractivity contribution is 0.251. The zero-order valence-corrected chi connectivity index (χ0v) is 17.9. The number of rotatable bonds is 8. The van der Waals surface area contributed by atoms with Crippen LogP contribution in [-0.2, 0) is 16.6 Å². The first-order chi connectivity index (χ1) is 14.5. The summed E-state index contributed by atoms with van der Waals surface area (Å²) in [5.74, 6) is 0.468. The Hall–Kier alpha value is -2.68. The molecule has 0 unspecified atom stereocenters. The fourth-order valence-corrected chi connectivity index (χ4v) is 4.78. The lowest BCUT2D eigenvalue weighted by Gasteiger charge is -2.10. The number of anilines is 1. The minimum Gasteiger partial charge on any atom is -0.334 e. The molecule has 0 bridgehead atoms. The molecule has 1 heterocycles. The van der Waals surface area contributed by atoms with Crippen molar-refractivity contribution in [2.75, 3.05) is 11.9 Å². The first-order valence-corrected chi connectivity index (χ1v) is 12.2. The molecule has 1 aliphatic rings. The second-order valence-corrected chi connectivity index (χ2v) is 9.89. The van der Waals surface area contributed by atoms with E-state index in [1.54, 1.807) is 23.5 Å². The molecule has 1 aromatic heterocycles. The molecule has 3 aromatic rings. The van der Waals surface area contributed by atoms with Gasteiger partial charge in [-0.3, -0.25) is 0 Å².